The second kappa shape index (κ2) is 20.9. The van der Waals surface area contributed by atoms with Crippen LogP contribution in [0.4, 0.5) is 4.79 Å². The van der Waals surface area contributed by atoms with Gasteiger partial charge >= 0.3 is 6.09 Å². The Morgan fingerprint density at radius 3 is 2.35 bits per heavy atom. The first-order valence-corrected chi connectivity index (χ1v) is 19.1. The van der Waals surface area contributed by atoms with E-state index in [1.54, 1.807) is 17.9 Å². The number of hydrogen-bond acceptors (Lipinski definition) is 11. The van der Waals surface area contributed by atoms with Gasteiger partial charge in [0.2, 0.25) is 5.91 Å². The van der Waals surface area contributed by atoms with E-state index in [1.807, 2.05) is 13.8 Å². The molecule has 0 aromatic heterocycles. The van der Waals surface area contributed by atoms with E-state index in [9.17, 15) is 9.59 Å². The molecule has 0 aromatic carbocycles. The zero-order valence-corrected chi connectivity index (χ0v) is 32.5. The molecule has 0 bridgehead atoms. The first-order chi connectivity index (χ1) is 24.9. The van der Waals surface area contributed by atoms with Crippen molar-refractivity contribution in [3.8, 4) is 0 Å². The number of allylic oxidation sites excluding steroid dienone is 2. The predicted molar refractivity (Wildman–Crippen MR) is 195 cm³/mol. The van der Waals surface area contributed by atoms with E-state index in [4.69, 9.17) is 42.6 Å². The van der Waals surface area contributed by atoms with Crippen LogP contribution >= 0.6 is 0 Å². The molecule has 4 heterocycles. The number of morpholine rings is 1. The summed E-state index contributed by atoms with van der Waals surface area (Å²) in [4.78, 5) is 26.6. The number of rotatable bonds is 19. The van der Waals surface area contributed by atoms with Gasteiger partial charge in [0.1, 0.15) is 23.9 Å². The van der Waals surface area contributed by atoms with Crippen molar-refractivity contribution in [2.45, 2.75) is 115 Å². The van der Waals surface area contributed by atoms with E-state index in [0.717, 1.165) is 24.8 Å². The van der Waals surface area contributed by atoms with Crippen LogP contribution in [0.2, 0.25) is 0 Å². The number of epoxide rings is 1. The average Bonchev–Trinajstić information content (AvgIpc) is 3.87. The van der Waals surface area contributed by atoms with Crippen molar-refractivity contribution in [1.29, 1.82) is 0 Å². The molecule has 1 spiro atoms. The highest BCUT2D eigenvalue weighted by Gasteiger charge is 2.61. The Kier molecular flexibility index (Phi) is 17.1. The maximum atomic E-state index is 12.7. The number of ether oxygens (including phenoxy) is 9. The van der Waals surface area contributed by atoms with Crippen LogP contribution in [0.15, 0.2) is 36.0 Å². The van der Waals surface area contributed by atoms with Gasteiger partial charge in [-0.1, -0.05) is 30.7 Å². The molecule has 4 rings (SSSR count). The first kappa shape index (κ1) is 42.4. The van der Waals surface area contributed by atoms with Crippen LogP contribution in [-0.2, 0) is 47.4 Å². The zero-order valence-electron chi connectivity index (χ0n) is 32.5. The molecule has 13 nitrogen and oxygen atoms in total. The van der Waals surface area contributed by atoms with Gasteiger partial charge < -0.3 is 52.8 Å². The summed E-state index contributed by atoms with van der Waals surface area (Å²) in [7, 11) is 0. The van der Waals surface area contributed by atoms with E-state index in [-0.39, 0.29) is 53.5 Å². The fourth-order valence-electron chi connectivity index (χ4n) is 6.96. The number of hydrogen-bond donors (Lipinski definition) is 1. The largest absolute Gasteiger partial charge is 0.442 e. The summed E-state index contributed by atoms with van der Waals surface area (Å²) in [6.07, 6.45) is 10.2. The SMILES string of the molecule is CCOCCOCCOCCO[C@@H]1[C@@H](/C=C/C(C)=C/C[C@@H]2O[C@H](C)[C@H](NC(=O)/C=C\[C@H](C)OC(=O)N3CCOCC3)C[C@@H]2C)OC(C)(C)C[C@@]12CO2. The summed E-state index contributed by atoms with van der Waals surface area (Å²) in [5.74, 6) is 0.00382. The lowest BCUT2D eigenvalue weighted by Gasteiger charge is -2.43. The van der Waals surface area contributed by atoms with Crippen molar-refractivity contribution < 1.29 is 52.2 Å². The third kappa shape index (κ3) is 13.8. The van der Waals surface area contributed by atoms with E-state index in [0.29, 0.717) is 79.2 Å². The smallest absolute Gasteiger partial charge is 0.410 e. The second-order valence-electron chi connectivity index (χ2n) is 14.9. The van der Waals surface area contributed by atoms with Crippen molar-refractivity contribution in [2.24, 2.45) is 5.92 Å². The average molecular weight is 737 g/mol. The summed E-state index contributed by atoms with van der Waals surface area (Å²) in [5, 5.41) is 3.07. The lowest BCUT2D eigenvalue weighted by atomic mass is 9.83. The predicted octanol–water partition coefficient (Wildman–Crippen LogP) is 4.38. The third-order valence-electron chi connectivity index (χ3n) is 9.83. The van der Waals surface area contributed by atoms with Crippen LogP contribution < -0.4 is 5.32 Å². The molecular weight excluding hydrogens is 672 g/mol. The molecule has 0 radical (unpaired) electrons. The van der Waals surface area contributed by atoms with E-state index in [1.165, 1.54) is 6.08 Å². The summed E-state index contributed by atoms with van der Waals surface area (Å²) >= 11 is 0. The van der Waals surface area contributed by atoms with Gasteiger partial charge in [-0.2, -0.15) is 0 Å². The van der Waals surface area contributed by atoms with Crippen LogP contribution in [0.3, 0.4) is 0 Å². The molecular formula is C39H64N2O11. The Morgan fingerprint density at radius 2 is 1.67 bits per heavy atom. The highest BCUT2D eigenvalue weighted by atomic mass is 16.6. The Labute approximate surface area is 310 Å². The molecule has 296 valence electrons. The topological polar surface area (TPSA) is 136 Å². The minimum atomic E-state index is -0.530. The van der Waals surface area contributed by atoms with E-state index < -0.39 is 12.2 Å². The van der Waals surface area contributed by atoms with Crippen molar-refractivity contribution >= 4 is 12.0 Å². The summed E-state index contributed by atoms with van der Waals surface area (Å²) in [5.41, 5.74) is 0.431. The van der Waals surface area contributed by atoms with Crippen LogP contribution in [0, 0.1) is 5.92 Å². The van der Waals surface area contributed by atoms with Crippen molar-refractivity contribution in [2.75, 3.05) is 79.2 Å². The fraction of sp³-hybridized carbons (Fsp3) is 0.795. The maximum absolute atomic E-state index is 12.7. The number of nitrogens with zero attached hydrogens (tertiary/aromatic N) is 1. The monoisotopic (exact) mass is 736 g/mol. The fourth-order valence-corrected chi connectivity index (χ4v) is 6.96. The van der Waals surface area contributed by atoms with Crippen LogP contribution in [0.1, 0.15) is 67.7 Å². The molecule has 1 N–H and O–H groups in total. The summed E-state index contributed by atoms with van der Waals surface area (Å²) in [6, 6.07) is -0.121. The minimum Gasteiger partial charge on any atom is -0.442 e. The zero-order chi connectivity index (χ0) is 37.6. The lowest BCUT2D eigenvalue weighted by molar-refractivity contribution is -0.191. The van der Waals surface area contributed by atoms with E-state index in [2.05, 4.69) is 51.2 Å². The van der Waals surface area contributed by atoms with Gasteiger partial charge in [0.15, 0.2) is 0 Å². The van der Waals surface area contributed by atoms with Crippen LogP contribution in [-0.4, -0.2) is 144 Å². The molecule has 0 saturated carbocycles. The Hall–Kier alpha value is -2.36. The van der Waals surface area contributed by atoms with Crippen molar-refractivity contribution in [1.82, 2.24) is 10.2 Å². The van der Waals surface area contributed by atoms with Gasteiger partial charge in [-0.3, -0.25) is 4.79 Å². The maximum Gasteiger partial charge on any atom is 0.410 e. The highest BCUT2D eigenvalue weighted by molar-refractivity contribution is 5.87. The summed E-state index contributed by atoms with van der Waals surface area (Å²) in [6.45, 7) is 20.6. The molecule has 0 aromatic rings. The molecule has 13 heteroatoms. The standard InChI is InChI=1S/C39H64N2O11/c1-8-44-19-20-46-21-22-47-23-24-48-36-34(52-38(6,7)26-39(36)27-49-39)13-10-28(2)9-12-33-29(3)25-32(31(5)51-33)40-35(42)14-11-30(4)50-37(43)41-15-17-45-18-16-41/h9-11,13-14,29-34,36H,8,12,15-27H2,1-7H3,(H,40,42)/b13-10+,14-11-,28-9+/t29-,30-,31+,32+,33-,34+,36+,39+/m0/s1. The molecule has 4 fully saturated rings. The summed E-state index contributed by atoms with van der Waals surface area (Å²) < 4.78 is 52.5. The van der Waals surface area contributed by atoms with Gasteiger partial charge in [0.25, 0.3) is 0 Å². The van der Waals surface area contributed by atoms with Crippen molar-refractivity contribution in [3.05, 3.63) is 36.0 Å². The van der Waals surface area contributed by atoms with Crippen molar-refractivity contribution in [3.63, 3.8) is 0 Å². The Balaban J connectivity index is 1.20. The Bertz CT molecular complexity index is 1200. The van der Waals surface area contributed by atoms with Gasteiger partial charge in [-0.05, 0) is 66.4 Å². The molecule has 4 aliphatic heterocycles. The highest BCUT2D eigenvalue weighted by Crippen LogP contribution is 2.47. The van der Waals surface area contributed by atoms with E-state index >= 15 is 0 Å². The quantitative estimate of drug-likeness (QED) is 0.0876. The number of carbonyl (C=O) groups excluding carboxylic acids is 2. The molecule has 0 aliphatic carbocycles. The van der Waals surface area contributed by atoms with Gasteiger partial charge in [0.05, 0.1) is 83.3 Å². The van der Waals surface area contributed by atoms with Crippen LogP contribution in [0.25, 0.3) is 0 Å². The lowest BCUT2D eigenvalue weighted by Crippen LogP contribution is -2.55. The first-order valence-electron chi connectivity index (χ1n) is 19.1. The molecule has 2 amide bonds. The normalized spacial score (nSPS) is 31.3. The minimum absolute atomic E-state index is 0.0285. The van der Waals surface area contributed by atoms with Gasteiger partial charge in [0, 0.05) is 32.2 Å². The van der Waals surface area contributed by atoms with Gasteiger partial charge in [-0.25, -0.2) is 4.79 Å². The molecule has 8 atom stereocenters. The van der Waals surface area contributed by atoms with Gasteiger partial charge in [-0.15, -0.1) is 0 Å². The molecule has 4 aliphatic rings. The number of carbonyl (C=O) groups is 2. The third-order valence-corrected chi connectivity index (χ3v) is 9.83. The number of amides is 2. The second-order valence-corrected chi connectivity index (χ2v) is 14.9. The molecule has 0 unspecified atom stereocenters. The molecule has 52 heavy (non-hydrogen) atoms. The number of nitrogens with one attached hydrogen (secondary N) is 1. The van der Waals surface area contributed by atoms with Crippen LogP contribution in [0.5, 0.6) is 0 Å². The Morgan fingerprint density at radius 1 is 1.00 bits per heavy atom. The molecule has 4 saturated heterocycles.